The van der Waals surface area contributed by atoms with E-state index in [-0.39, 0.29) is 18.0 Å². The van der Waals surface area contributed by atoms with Gasteiger partial charge in [-0.3, -0.25) is 9.36 Å². The van der Waals surface area contributed by atoms with Gasteiger partial charge in [-0.25, -0.2) is 4.98 Å². The molecule has 0 spiro atoms. The highest BCUT2D eigenvalue weighted by atomic mass is 16.5. The molecule has 6 rings (SSSR count). The summed E-state index contributed by atoms with van der Waals surface area (Å²) in [5, 5.41) is 15.1. The Kier molecular flexibility index (Phi) is 6.40. The van der Waals surface area contributed by atoms with Crippen molar-refractivity contribution in [3.63, 3.8) is 0 Å². The van der Waals surface area contributed by atoms with E-state index in [4.69, 9.17) is 9.72 Å². The van der Waals surface area contributed by atoms with E-state index >= 15 is 0 Å². The quantitative estimate of drug-likeness (QED) is 0.479. The number of methoxy groups -OCH3 is 1. The number of ether oxygens (including phenoxy) is 1. The Bertz CT molecular complexity index is 1280. The highest BCUT2D eigenvalue weighted by molar-refractivity contribution is 5.95. The van der Waals surface area contributed by atoms with Crippen molar-refractivity contribution in [1.29, 1.82) is 0 Å². The highest BCUT2D eigenvalue weighted by Crippen LogP contribution is 2.43. The summed E-state index contributed by atoms with van der Waals surface area (Å²) in [5.74, 6) is 2.83. The zero-order valence-electron chi connectivity index (χ0n) is 21.5. The molecule has 10 heteroatoms. The lowest BCUT2D eigenvalue weighted by Crippen LogP contribution is -2.42. The van der Waals surface area contributed by atoms with Gasteiger partial charge in [-0.05, 0) is 50.3 Å². The van der Waals surface area contributed by atoms with E-state index in [1.54, 1.807) is 19.5 Å². The summed E-state index contributed by atoms with van der Waals surface area (Å²) in [6, 6.07) is 6.24. The van der Waals surface area contributed by atoms with Crippen LogP contribution in [0.1, 0.15) is 86.9 Å². The molecule has 10 nitrogen and oxygen atoms in total. The molecule has 2 fully saturated rings. The number of rotatable bonds is 7. The third kappa shape index (κ3) is 4.38. The average Bonchev–Trinajstić information content (AvgIpc) is 3.71. The van der Waals surface area contributed by atoms with Gasteiger partial charge < -0.3 is 20.3 Å². The van der Waals surface area contributed by atoms with Crippen LogP contribution in [0.3, 0.4) is 0 Å². The van der Waals surface area contributed by atoms with Crippen LogP contribution in [0.15, 0.2) is 30.7 Å². The maximum Gasteiger partial charge on any atom is 0.251 e. The summed E-state index contributed by atoms with van der Waals surface area (Å²) in [6.07, 6.45) is 13.7. The number of hydrogen-bond acceptors (Lipinski definition) is 8. The Hall–Kier alpha value is -3.69. The molecule has 0 bridgehead atoms. The molecule has 0 radical (unpaired) electrons. The first kappa shape index (κ1) is 23.7. The molecule has 0 saturated heterocycles. The first-order valence-corrected chi connectivity index (χ1v) is 13.5. The average molecular weight is 503 g/mol. The number of carbonyl (C=O) groups excluding carboxylic acids is 1. The van der Waals surface area contributed by atoms with Gasteiger partial charge >= 0.3 is 0 Å². The van der Waals surface area contributed by atoms with Crippen molar-refractivity contribution in [2.45, 2.75) is 82.8 Å². The number of anilines is 3. The van der Waals surface area contributed by atoms with Gasteiger partial charge in [0.2, 0.25) is 5.95 Å². The number of amides is 1. The van der Waals surface area contributed by atoms with Gasteiger partial charge in [-0.15, -0.1) is 10.2 Å². The molecular formula is C27H34N8O2. The van der Waals surface area contributed by atoms with Crippen molar-refractivity contribution in [1.82, 2.24) is 30.0 Å². The lowest BCUT2D eigenvalue weighted by atomic mass is 10.0. The number of aromatic nitrogens is 5. The number of carbonyl (C=O) groups is 1. The van der Waals surface area contributed by atoms with E-state index in [1.807, 2.05) is 22.9 Å². The molecule has 1 unspecified atom stereocenters. The molecule has 194 valence electrons. The largest absolute Gasteiger partial charge is 0.495 e. The van der Waals surface area contributed by atoms with Gasteiger partial charge in [0.15, 0.2) is 11.6 Å². The minimum atomic E-state index is -0.0654. The van der Waals surface area contributed by atoms with Crippen LogP contribution in [-0.4, -0.2) is 49.8 Å². The van der Waals surface area contributed by atoms with Crippen molar-refractivity contribution < 1.29 is 9.53 Å². The van der Waals surface area contributed by atoms with Crippen LogP contribution in [-0.2, 0) is 0 Å². The molecule has 1 atom stereocenters. The Morgan fingerprint density at radius 3 is 2.68 bits per heavy atom. The minimum absolute atomic E-state index is 0.0654. The fourth-order valence-corrected chi connectivity index (χ4v) is 6.10. The number of benzene rings is 1. The first-order chi connectivity index (χ1) is 18.2. The Balaban J connectivity index is 1.30. The smallest absolute Gasteiger partial charge is 0.251 e. The van der Waals surface area contributed by atoms with Crippen molar-refractivity contribution in [3.8, 4) is 11.4 Å². The van der Waals surface area contributed by atoms with Gasteiger partial charge in [0.05, 0.1) is 25.0 Å². The van der Waals surface area contributed by atoms with E-state index in [0.717, 1.165) is 49.4 Å². The number of hydrogen-bond donors (Lipinski definition) is 2. The van der Waals surface area contributed by atoms with Crippen LogP contribution >= 0.6 is 0 Å². The molecule has 2 aliphatic carbocycles. The lowest BCUT2D eigenvalue weighted by molar-refractivity contribution is 0.0937. The van der Waals surface area contributed by atoms with E-state index < -0.39 is 0 Å². The second-order valence-electron chi connectivity index (χ2n) is 10.2. The molecule has 1 aromatic carbocycles. The Labute approximate surface area is 216 Å². The monoisotopic (exact) mass is 502 g/mol. The summed E-state index contributed by atoms with van der Waals surface area (Å²) >= 11 is 0. The van der Waals surface area contributed by atoms with Crippen LogP contribution in [0.2, 0.25) is 0 Å². The zero-order chi connectivity index (χ0) is 25.4. The Morgan fingerprint density at radius 1 is 1.14 bits per heavy atom. The van der Waals surface area contributed by atoms with E-state index in [2.05, 4.69) is 37.6 Å². The standard InChI is InChI=1S/C27H34N8O2/c1-3-21-25-33-29-16-34(25)22-15-28-27(32-24(22)35(21)19-10-6-7-11-19)31-20-13-12-17(14-23(20)37-2)26(36)30-18-8-4-5-9-18/h12-16,18-19,21H,3-11H2,1-2H3,(H,30,36)(H,28,31,32). The van der Waals surface area contributed by atoms with Crippen LogP contribution < -0.4 is 20.3 Å². The SMILES string of the molecule is CCC1c2nncn2-c2cnc(Nc3ccc(C(=O)NC4CCCC4)cc3OC)nc2N1C1CCCC1. The summed E-state index contributed by atoms with van der Waals surface area (Å²) in [5.41, 5.74) is 2.19. The third-order valence-corrected chi connectivity index (χ3v) is 7.97. The highest BCUT2D eigenvalue weighted by Gasteiger charge is 2.38. The summed E-state index contributed by atoms with van der Waals surface area (Å²) in [6.45, 7) is 2.19. The topological polar surface area (TPSA) is 110 Å². The van der Waals surface area contributed by atoms with Crippen LogP contribution in [0, 0.1) is 0 Å². The van der Waals surface area contributed by atoms with Crippen LogP contribution in [0.4, 0.5) is 17.5 Å². The summed E-state index contributed by atoms with van der Waals surface area (Å²) < 4.78 is 7.65. The number of nitrogens with one attached hydrogen (secondary N) is 2. The zero-order valence-corrected chi connectivity index (χ0v) is 21.5. The molecule has 37 heavy (non-hydrogen) atoms. The molecule has 2 aromatic heterocycles. The fourth-order valence-electron chi connectivity index (χ4n) is 6.10. The van der Waals surface area contributed by atoms with E-state index in [9.17, 15) is 4.79 Å². The van der Waals surface area contributed by atoms with Crippen molar-refractivity contribution >= 4 is 23.4 Å². The van der Waals surface area contributed by atoms with Crippen molar-refractivity contribution in [2.24, 2.45) is 0 Å². The molecule has 3 heterocycles. The molecule has 3 aliphatic rings. The van der Waals surface area contributed by atoms with Gasteiger partial charge in [-0.1, -0.05) is 32.6 Å². The maximum atomic E-state index is 12.8. The number of fused-ring (bicyclic) bond motifs is 3. The summed E-state index contributed by atoms with van der Waals surface area (Å²) in [7, 11) is 1.61. The van der Waals surface area contributed by atoms with Crippen LogP contribution in [0.25, 0.3) is 5.69 Å². The van der Waals surface area contributed by atoms with E-state index in [0.29, 0.717) is 29.0 Å². The first-order valence-electron chi connectivity index (χ1n) is 13.5. The van der Waals surface area contributed by atoms with Gasteiger partial charge in [0, 0.05) is 17.6 Å². The fraction of sp³-hybridized carbons (Fsp3) is 0.519. The van der Waals surface area contributed by atoms with Gasteiger partial charge in [0.25, 0.3) is 5.91 Å². The minimum Gasteiger partial charge on any atom is -0.495 e. The molecule has 2 saturated carbocycles. The molecule has 2 N–H and O–H groups in total. The van der Waals surface area contributed by atoms with Gasteiger partial charge in [0.1, 0.15) is 17.8 Å². The Morgan fingerprint density at radius 2 is 1.92 bits per heavy atom. The second-order valence-corrected chi connectivity index (χ2v) is 10.2. The molecular weight excluding hydrogens is 468 g/mol. The van der Waals surface area contributed by atoms with Crippen molar-refractivity contribution in [2.75, 3.05) is 17.3 Å². The predicted molar refractivity (Wildman–Crippen MR) is 141 cm³/mol. The normalized spacial score (nSPS) is 19.5. The van der Waals surface area contributed by atoms with Crippen LogP contribution in [0.5, 0.6) is 5.75 Å². The molecule has 3 aromatic rings. The van der Waals surface area contributed by atoms with Crippen molar-refractivity contribution in [3.05, 3.63) is 42.1 Å². The lowest BCUT2D eigenvalue weighted by Gasteiger charge is -2.40. The third-order valence-electron chi connectivity index (χ3n) is 7.97. The van der Waals surface area contributed by atoms with E-state index in [1.165, 1.54) is 25.7 Å². The summed E-state index contributed by atoms with van der Waals surface area (Å²) in [4.78, 5) is 24.8. The maximum absolute atomic E-state index is 12.8. The number of nitrogens with zero attached hydrogens (tertiary/aromatic N) is 6. The van der Waals surface area contributed by atoms with Gasteiger partial charge in [-0.2, -0.15) is 4.98 Å². The second kappa shape index (κ2) is 9.99. The molecule has 1 aliphatic heterocycles. The molecule has 1 amide bonds. The predicted octanol–water partition coefficient (Wildman–Crippen LogP) is 4.70.